The molecule has 21 heavy (non-hydrogen) atoms. The van der Waals surface area contributed by atoms with E-state index in [2.05, 4.69) is 44.3 Å². The second-order valence-electron chi connectivity index (χ2n) is 6.63. The molecule has 1 N–H and O–H groups in total. The lowest BCUT2D eigenvalue weighted by atomic mass is 9.89. The summed E-state index contributed by atoms with van der Waals surface area (Å²) in [5.41, 5.74) is 4.12. The van der Waals surface area contributed by atoms with Gasteiger partial charge in [0.25, 0.3) is 0 Å². The summed E-state index contributed by atoms with van der Waals surface area (Å²) in [6, 6.07) is 7.68. The summed E-state index contributed by atoms with van der Waals surface area (Å²) in [5, 5.41) is 3.80. The lowest BCUT2D eigenvalue weighted by Gasteiger charge is -2.37. The maximum atomic E-state index is 5.80. The molecule has 3 nitrogen and oxygen atoms in total. The van der Waals surface area contributed by atoms with E-state index in [1.807, 2.05) is 0 Å². The lowest BCUT2D eigenvalue weighted by Crippen LogP contribution is -2.42. The standard InChI is InChI=1S/C18H27NO2/c1-13-4-5-14(2)17(12-13)15(3)19-16-6-8-18(9-7-16)20-10-11-21-18/h4-5,12,15-16,19H,6-11H2,1-3H3. The van der Waals surface area contributed by atoms with E-state index in [1.165, 1.54) is 16.7 Å². The van der Waals surface area contributed by atoms with Crippen LogP contribution in [0.4, 0.5) is 0 Å². The molecule has 1 atom stereocenters. The quantitative estimate of drug-likeness (QED) is 0.921. The number of nitrogens with one attached hydrogen (secondary N) is 1. The third-order valence-electron chi connectivity index (χ3n) is 4.95. The first kappa shape index (κ1) is 15.0. The third-order valence-corrected chi connectivity index (χ3v) is 4.95. The molecule has 1 heterocycles. The number of rotatable bonds is 3. The molecule has 0 aromatic heterocycles. The van der Waals surface area contributed by atoms with Crippen molar-refractivity contribution in [1.82, 2.24) is 5.32 Å². The van der Waals surface area contributed by atoms with Crippen LogP contribution in [0.2, 0.25) is 0 Å². The highest BCUT2D eigenvalue weighted by molar-refractivity contribution is 5.32. The molecule has 0 bridgehead atoms. The molecule has 0 amide bonds. The van der Waals surface area contributed by atoms with Crippen molar-refractivity contribution in [3.8, 4) is 0 Å². The minimum atomic E-state index is -0.249. The van der Waals surface area contributed by atoms with Gasteiger partial charge in [-0.25, -0.2) is 0 Å². The van der Waals surface area contributed by atoms with Gasteiger partial charge >= 0.3 is 0 Å². The highest BCUT2D eigenvalue weighted by Gasteiger charge is 2.40. The Kier molecular flexibility index (Phi) is 4.34. The Bertz CT molecular complexity index is 484. The summed E-state index contributed by atoms with van der Waals surface area (Å²) < 4.78 is 11.6. The molecule has 1 saturated heterocycles. The second-order valence-corrected chi connectivity index (χ2v) is 6.63. The van der Waals surface area contributed by atoms with Gasteiger partial charge in [0.15, 0.2) is 5.79 Å². The van der Waals surface area contributed by atoms with E-state index < -0.39 is 0 Å². The minimum absolute atomic E-state index is 0.249. The highest BCUT2D eigenvalue weighted by atomic mass is 16.7. The average molecular weight is 289 g/mol. The van der Waals surface area contributed by atoms with Gasteiger partial charge in [-0.2, -0.15) is 0 Å². The molecule has 2 fully saturated rings. The largest absolute Gasteiger partial charge is 0.348 e. The van der Waals surface area contributed by atoms with Crippen molar-refractivity contribution in [2.24, 2.45) is 0 Å². The number of benzene rings is 1. The van der Waals surface area contributed by atoms with Gasteiger partial charge in [0.2, 0.25) is 0 Å². The molecular formula is C18H27NO2. The van der Waals surface area contributed by atoms with Crippen LogP contribution in [0, 0.1) is 13.8 Å². The fraction of sp³-hybridized carbons (Fsp3) is 0.667. The van der Waals surface area contributed by atoms with Gasteiger partial charge in [0.1, 0.15) is 0 Å². The van der Waals surface area contributed by atoms with Gasteiger partial charge in [-0.15, -0.1) is 0 Å². The zero-order valence-electron chi connectivity index (χ0n) is 13.4. The van der Waals surface area contributed by atoms with E-state index in [1.54, 1.807) is 0 Å². The average Bonchev–Trinajstić information content (AvgIpc) is 2.93. The van der Waals surface area contributed by atoms with E-state index in [0.717, 1.165) is 38.9 Å². The van der Waals surface area contributed by atoms with Crippen molar-refractivity contribution in [1.29, 1.82) is 0 Å². The van der Waals surface area contributed by atoms with Crippen molar-refractivity contribution < 1.29 is 9.47 Å². The zero-order chi connectivity index (χ0) is 14.9. The van der Waals surface area contributed by atoms with Crippen LogP contribution in [0.15, 0.2) is 18.2 Å². The summed E-state index contributed by atoms with van der Waals surface area (Å²) in [5.74, 6) is -0.249. The SMILES string of the molecule is Cc1ccc(C)c(C(C)NC2CCC3(CC2)OCCO3)c1. The van der Waals surface area contributed by atoms with Crippen LogP contribution in [0.25, 0.3) is 0 Å². The van der Waals surface area contributed by atoms with Gasteiger partial charge in [0, 0.05) is 24.9 Å². The first-order chi connectivity index (χ1) is 10.1. The highest BCUT2D eigenvalue weighted by Crippen LogP contribution is 2.36. The Hall–Kier alpha value is -0.900. The molecule has 1 aliphatic carbocycles. The first-order valence-electron chi connectivity index (χ1n) is 8.19. The Morgan fingerprint density at radius 1 is 1.14 bits per heavy atom. The molecule has 3 rings (SSSR count). The molecule has 1 aromatic rings. The van der Waals surface area contributed by atoms with E-state index in [9.17, 15) is 0 Å². The summed E-state index contributed by atoms with van der Waals surface area (Å²) in [7, 11) is 0. The van der Waals surface area contributed by atoms with Gasteiger partial charge < -0.3 is 14.8 Å². The summed E-state index contributed by atoms with van der Waals surface area (Å²) in [6.07, 6.45) is 4.30. The predicted molar refractivity (Wildman–Crippen MR) is 84.4 cm³/mol. The zero-order valence-corrected chi connectivity index (χ0v) is 13.4. The van der Waals surface area contributed by atoms with Crippen LogP contribution >= 0.6 is 0 Å². The monoisotopic (exact) mass is 289 g/mol. The minimum Gasteiger partial charge on any atom is -0.348 e. The Balaban J connectivity index is 1.58. The fourth-order valence-corrected chi connectivity index (χ4v) is 3.68. The summed E-state index contributed by atoms with van der Waals surface area (Å²) >= 11 is 0. The van der Waals surface area contributed by atoms with E-state index >= 15 is 0 Å². The molecule has 116 valence electrons. The maximum Gasteiger partial charge on any atom is 0.168 e. The Morgan fingerprint density at radius 3 is 2.48 bits per heavy atom. The van der Waals surface area contributed by atoms with E-state index in [0.29, 0.717) is 12.1 Å². The molecule has 2 aliphatic rings. The number of aryl methyl sites for hydroxylation is 2. The van der Waals surface area contributed by atoms with E-state index in [-0.39, 0.29) is 5.79 Å². The number of hydrogen-bond donors (Lipinski definition) is 1. The van der Waals surface area contributed by atoms with Crippen molar-refractivity contribution in [2.45, 2.75) is 64.3 Å². The van der Waals surface area contributed by atoms with Crippen LogP contribution in [-0.2, 0) is 9.47 Å². The maximum absolute atomic E-state index is 5.80. The van der Waals surface area contributed by atoms with Crippen molar-refractivity contribution in [2.75, 3.05) is 13.2 Å². The van der Waals surface area contributed by atoms with Crippen molar-refractivity contribution in [3.05, 3.63) is 34.9 Å². The first-order valence-corrected chi connectivity index (χ1v) is 8.19. The normalized spacial score (nSPS) is 23.6. The molecule has 3 heteroatoms. The van der Waals surface area contributed by atoms with Crippen LogP contribution in [0.1, 0.15) is 55.3 Å². The smallest absolute Gasteiger partial charge is 0.168 e. The topological polar surface area (TPSA) is 30.5 Å². The lowest BCUT2D eigenvalue weighted by molar-refractivity contribution is -0.179. The number of hydrogen-bond acceptors (Lipinski definition) is 3. The molecule has 1 aromatic carbocycles. The van der Waals surface area contributed by atoms with Crippen LogP contribution in [0.5, 0.6) is 0 Å². The van der Waals surface area contributed by atoms with Crippen LogP contribution in [0.3, 0.4) is 0 Å². The Labute approximate surface area is 128 Å². The van der Waals surface area contributed by atoms with Crippen molar-refractivity contribution >= 4 is 0 Å². The third kappa shape index (κ3) is 3.31. The molecule has 1 saturated carbocycles. The fourth-order valence-electron chi connectivity index (χ4n) is 3.68. The van der Waals surface area contributed by atoms with Crippen molar-refractivity contribution in [3.63, 3.8) is 0 Å². The molecule has 0 radical (unpaired) electrons. The van der Waals surface area contributed by atoms with Crippen LogP contribution in [-0.4, -0.2) is 25.0 Å². The van der Waals surface area contributed by atoms with Gasteiger partial charge in [-0.3, -0.25) is 0 Å². The molecular weight excluding hydrogens is 262 g/mol. The summed E-state index contributed by atoms with van der Waals surface area (Å²) in [4.78, 5) is 0. The molecule has 1 unspecified atom stereocenters. The second kappa shape index (κ2) is 6.07. The molecule has 1 aliphatic heterocycles. The van der Waals surface area contributed by atoms with Gasteiger partial charge in [-0.1, -0.05) is 23.8 Å². The van der Waals surface area contributed by atoms with Gasteiger partial charge in [0.05, 0.1) is 13.2 Å². The molecule has 1 spiro atoms. The van der Waals surface area contributed by atoms with E-state index in [4.69, 9.17) is 9.47 Å². The Morgan fingerprint density at radius 2 is 1.81 bits per heavy atom. The summed E-state index contributed by atoms with van der Waals surface area (Å²) in [6.45, 7) is 8.15. The number of ether oxygens (including phenoxy) is 2. The van der Waals surface area contributed by atoms with Gasteiger partial charge in [-0.05, 0) is 44.7 Å². The predicted octanol–water partition coefficient (Wildman–Crippen LogP) is 3.64. The van der Waals surface area contributed by atoms with Crippen LogP contribution < -0.4 is 5.32 Å².